The van der Waals surface area contributed by atoms with E-state index in [-0.39, 0.29) is 18.3 Å². The minimum absolute atomic E-state index is 0. The summed E-state index contributed by atoms with van der Waals surface area (Å²) in [4.78, 5) is 11.7. The van der Waals surface area contributed by atoms with Gasteiger partial charge in [-0.2, -0.15) is 0 Å². The quantitative estimate of drug-likeness (QED) is 0.811. The molecule has 3 nitrogen and oxygen atoms in total. The van der Waals surface area contributed by atoms with Crippen LogP contribution in [0.3, 0.4) is 0 Å². The first kappa shape index (κ1) is 14.8. The van der Waals surface area contributed by atoms with E-state index in [1.54, 1.807) is 0 Å². The van der Waals surface area contributed by atoms with E-state index in [1.807, 2.05) is 0 Å². The van der Waals surface area contributed by atoms with Crippen LogP contribution in [0.4, 0.5) is 0 Å². The molecular formula is C13H25ClN2O. The van der Waals surface area contributed by atoms with Crippen LogP contribution in [0.15, 0.2) is 0 Å². The van der Waals surface area contributed by atoms with Crippen molar-refractivity contribution in [3.8, 4) is 0 Å². The van der Waals surface area contributed by atoms with Gasteiger partial charge in [0.1, 0.15) is 0 Å². The summed E-state index contributed by atoms with van der Waals surface area (Å²) in [6, 6.07) is 0. The lowest BCUT2D eigenvalue weighted by molar-refractivity contribution is -0.122. The fourth-order valence-electron chi connectivity index (χ4n) is 2.83. The summed E-state index contributed by atoms with van der Waals surface area (Å²) in [5, 5.41) is 6.29. The van der Waals surface area contributed by atoms with E-state index in [0.29, 0.717) is 11.8 Å². The maximum atomic E-state index is 11.7. The van der Waals surface area contributed by atoms with Gasteiger partial charge >= 0.3 is 0 Å². The largest absolute Gasteiger partial charge is 0.356 e. The maximum absolute atomic E-state index is 11.7. The lowest BCUT2D eigenvalue weighted by Gasteiger charge is -2.28. The van der Waals surface area contributed by atoms with Crippen molar-refractivity contribution in [3.63, 3.8) is 0 Å². The van der Waals surface area contributed by atoms with Gasteiger partial charge < -0.3 is 10.6 Å². The number of nitrogens with one attached hydrogen (secondary N) is 2. The van der Waals surface area contributed by atoms with Crippen molar-refractivity contribution >= 4 is 18.3 Å². The predicted molar refractivity (Wildman–Crippen MR) is 72.4 cm³/mol. The van der Waals surface area contributed by atoms with Gasteiger partial charge in [-0.1, -0.05) is 19.8 Å². The molecule has 0 spiro atoms. The molecule has 2 unspecified atom stereocenters. The Morgan fingerprint density at radius 2 is 2.06 bits per heavy atom. The highest BCUT2D eigenvalue weighted by atomic mass is 35.5. The van der Waals surface area contributed by atoms with Crippen molar-refractivity contribution in [2.75, 3.05) is 19.6 Å². The molecule has 2 aliphatic rings. The van der Waals surface area contributed by atoms with E-state index >= 15 is 0 Å². The summed E-state index contributed by atoms with van der Waals surface area (Å²) in [6.07, 6.45) is 5.92. The van der Waals surface area contributed by atoms with E-state index in [4.69, 9.17) is 0 Å². The highest BCUT2D eigenvalue weighted by Gasteiger charge is 2.22. The van der Waals surface area contributed by atoms with Crippen molar-refractivity contribution in [2.24, 2.45) is 17.8 Å². The van der Waals surface area contributed by atoms with Crippen molar-refractivity contribution in [3.05, 3.63) is 0 Å². The van der Waals surface area contributed by atoms with Crippen LogP contribution in [0.1, 0.15) is 39.0 Å². The standard InChI is InChI=1S/C13H24N2O.ClH/c1-10-3-2-4-11(5-10)6-13(16)15-9-12-7-14-8-12;/h10-12,14H,2-9H2,1H3,(H,15,16);1H. The zero-order chi connectivity index (χ0) is 11.4. The zero-order valence-electron chi connectivity index (χ0n) is 10.7. The minimum atomic E-state index is 0. The second kappa shape index (κ2) is 7.22. The van der Waals surface area contributed by atoms with Crippen molar-refractivity contribution in [2.45, 2.75) is 39.0 Å². The Labute approximate surface area is 111 Å². The highest BCUT2D eigenvalue weighted by molar-refractivity contribution is 5.85. The predicted octanol–water partition coefficient (Wildman–Crippen LogP) is 1.96. The van der Waals surface area contributed by atoms with E-state index in [1.165, 1.54) is 25.7 Å². The summed E-state index contributed by atoms with van der Waals surface area (Å²) in [5.41, 5.74) is 0. The van der Waals surface area contributed by atoms with Gasteiger partial charge in [0.2, 0.25) is 5.91 Å². The normalized spacial score (nSPS) is 29.0. The maximum Gasteiger partial charge on any atom is 0.220 e. The van der Waals surface area contributed by atoms with Crippen LogP contribution in [0, 0.1) is 17.8 Å². The molecule has 1 heterocycles. The third-order valence-corrected chi connectivity index (χ3v) is 3.97. The van der Waals surface area contributed by atoms with Crippen LogP contribution in [0.25, 0.3) is 0 Å². The van der Waals surface area contributed by atoms with Crippen LogP contribution in [-0.4, -0.2) is 25.5 Å². The van der Waals surface area contributed by atoms with E-state index in [2.05, 4.69) is 17.6 Å². The molecule has 17 heavy (non-hydrogen) atoms. The molecule has 2 N–H and O–H groups in total. The lowest BCUT2D eigenvalue weighted by Crippen LogP contribution is -2.48. The molecule has 100 valence electrons. The Hall–Kier alpha value is -0.280. The smallest absolute Gasteiger partial charge is 0.220 e. The average molecular weight is 261 g/mol. The van der Waals surface area contributed by atoms with Crippen LogP contribution in [-0.2, 0) is 4.79 Å². The van der Waals surface area contributed by atoms with E-state index < -0.39 is 0 Å². The molecular weight excluding hydrogens is 236 g/mol. The third-order valence-electron chi connectivity index (χ3n) is 3.97. The van der Waals surface area contributed by atoms with Gasteiger partial charge in [-0.05, 0) is 24.7 Å². The molecule has 1 saturated heterocycles. The number of hydrogen-bond donors (Lipinski definition) is 2. The topological polar surface area (TPSA) is 41.1 Å². The molecule has 1 saturated carbocycles. The minimum Gasteiger partial charge on any atom is -0.356 e. The summed E-state index contributed by atoms with van der Waals surface area (Å²) in [5.74, 6) is 2.41. The SMILES string of the molecule is CC1CCCC(CC(=O)NCC2CNC2)C1.Cl. The Bertz CT molecular complexity index is 244. The molecule has 4 heteroatoms. The molecule has 1 aliphatic heterocycles. The van der Waals surface area contributed by atoms with E-state index in [0.717, 1.165) is 32.0 Å². The molecule has 2 rings (SSSR count). The fourth-order valence-corrected chi connectivity index (χ4v) is 2.83. The average Bonchev–Trinajstić information content (AvgIpc) is 2.15. The van der Waals surface area contributed by atoms with Gasteiger partial charge in [-0.3, -0.25) is 4.79 Å². The van der Waals surface area contributed by atoms with Crippen molar-refractivity contribution in [1.29, 1.82) is 0 Å². The first-order valence-electron chi connectivity index (χ1n) is 6.71. The third kappa shape index (κ3) is 4.84. The summed E-state index contributed by atoms with van der Waals surface area (Å²) in [7, 11) is 0. The Balaban J connectivity index is 0.00000144. The molecule has 0 radical (unpaired) electrons. The summed E-state index contributed by atoms with van der Waals surface area (Å²) < 4.78 is 0. The van der Waals surface area contributed by atoms with Gasteiger partial charge in [0.05, 0.1) is 0 Å². The van der Waals surface area contributed by atoms with Gasteiger partial charge in [0.25, 0.3) is 0 Å². The molecule has 1 aliphatic carbocycles. The fraction of sp³-hybridized carbons (Fsp3) is 0.923. The molecule has 0 bridgehead atoms. The first-order chi connectivity index (χ1) is 7.74. The monoisotopic (exact) mass is 260 g/mol. The zero-order valence-corrected chi connectivity index (χ0v) is 11.5. The second-order valence-electron chi connectivity index (χ2n) is 5.67. The number of hydrogen-bond acceptors (Lipinski definition) is 2. The summed E-state index contributed by atoms with van der Waals surface area (Å²) in [6.45, 7) is 5.32. The highest BCUT2D eigenvalue weighted by Crippen LogP contribution is 2.30. The number of amides is 1. The molecule has 0 aromatic carbocycles. The Morgan fingerprint density at radius 3 is 2.65 bits per heavy atom. The molecule has 0 aromatic rings. The Kier molecular flexibility index (Phi) is 6.28. The second-order valence-corrected chi connectivity index (χ2v) is 5.67. The van der Waals surface area contributed by atoms with Crippen molar-refractivity contribution < 1.29 is 4.79 Å². The van der Waals surface area contributed by atoms with Gasteiger partial charge in [-0.15, -0.1) is 12.4 Å². The van der Waals surface area contributed by atoms with Gasteiger partial charge in [0, 0.05) is 32.0 Å². The molecule has 2 atom stereocenters. The molecule has 0 aromatic heterocycles. The first-order valence-corrected chi connectivity index (χ1v) is 6.71. The van der Waals surface area contributed by atoms with Gasteiger partial charge in [-0.25, -0.2) is 0 Å². The Morgan fingerprint density at radius 1 is 1.29 bits per heavy atom. The lowest BCUT2D eigenvalue weighted by atomic mass is 9.81. The van der Waals surface area contributed by atoms with E-state index in [9.17, 15) is 4.79 Å². The van der Waals surface area contributed by atoms with Crippen LogP contribution >= 0.6 is 12.4 Å². The van der Waals surface area contributed by atoms with Crippen molar-refractivity contribution in [1.82, 2.24) is 10.6 Å². The van der Waals surface area contributed by atoms with Crippen LogP contribution in [0.5, 0.6) is 0 Å². The van der Waals surface area contributed by atoms with Gasteiger partial charge in [0.15, 0.2) is 0 Å². The molecule has 1 amide bonds. The number of halogens is 1. The molecule has 2 fully saturated rings. The van der Waals surface area contributed by atoms with Crippen LogP contribution < -0.4 is 10.6 Å². The number of rotatable bonds is 4. The van der Waals surface area contributed by atoms with Crippen LogP contribution in [0.2, 0.25) is 0 Å². The summed E-state index contributed by atoms with van der Waals surface area (Å²) >= 11 is 0. The number of carbonyl (C=O) groups is 1. The number of carbonyl (C=O) groups excluding carboxylic acids is 1.